The van der Waals surface area contributed by atoms with Gasteiger partial charge in [0.25, 0.3) is 11.8 Å². The number of pyridine rings is 1. The molecule has 2 amide bonds. The number of nitrogens with zero attached hydrogens (tertiary/aromatic N) is 4. The quantitative estimate of drug-likeness (QED) is 0.125. The fourth-order valence-electron chi connectivity index (χ4n) is 8.86. The van der Waals surface area contributed by atoms with Crippen LogP contribution in [0.1, 0.15) is 111 Å². The van der Waals surface area contributed by atoms with Gasteiger partial charge in [0.05, 0.1) is 35.3 Å². The summed E-state index contributed by atoms with van der Waals surface area (Å²) in [6, 6.07) is 9.97. The Balaban J connectivity index is 1.28. The topological polar surface area (TPSA) is 113 Å². The summed E-state index contributed by atoms with van der Waals surface area (Å²) in [6.45, 7) is 3.78. The molecular formula is C42H46F6N4O5S. The number of hydrogen-bond acceptors (Lipinski definition) is 8. The zero-order valence-electron chi connectivity index (χ0n) is 32.4. The van der Waals surface area contributed by atoms with Crippen molar-refractivity contribution in [2.75, 3.05) is 26.2 Å². The number of carbonyl (C=O) groups is 3. The molecule has 1 saturated carbocycles. The molecule has 0 unspecified atom stereocenters. The first-order valence-corrected chi connectivity index (χ1v) is 20.5. The van der Waals surface area contributed by atoms with Crippen LogP contribution in [-0.4, -0.2) is 70.3 Å². The van der Waals surface area contributed by atoms with Gasteiger partial charge in [0.1, 0.15) is 22.2 Å². The molecular weight excluding hydrogens is 787 g/mol. The first kappa shape index (κ1) is 42.9. The van der Waals surface area contributed by atoms with Crippen LogP contribution >= 0.6 is 11.3 Å². The van der Waals surface area contributed by atoms with E-state index in [-0.39, 0.29) is 68.7 Å². The van der Waals surface area contributed by atoms with Crippen molar-refractivity contribution in [2.45, 2.75) is 114 Å². The molecule has 0 spiro atoms. The Morgan fingerprint density at radius 3 is 2.31 bits per heavy atom. The summed E-state index contributed by atoms with van der Waals surface area (Å²) >= 11 is 0.378. The monoisotopic (exact) mass is 832 g/mol. The zero-order valence-corrected chi connectivity index (χ0v) is 33.2. The second kappa shape index (κ2) is 16.9. The fraction of sp³-hybridized carbons (Fsp3) is 0.548. The summed E-state index contributed by atoms with van der Waals surface area (Å²) in [5, 5.41) is 11.8. The van der Waals surface area contributed by atoms with Crippen LogP contribution in [0.4, 0.5) is 26.3 Å². The first-order valence-electron chi connectivity index (χ1n) is 19.6. The van der Waals surface area contributed by atoms with Crippen LogP contribution in [0.15, 0.2) is 54.2 Å². The number of alkyl halides is 6. The number of benzene rings is 1. The molecule has 2 saturated heterocycles. The van der Waals surface area contributed by atoms with Crippen LogP contribution in [0.25, 0.3) is 0 Å². The number of thiophene rings is 1. The Kier molecular flexibility index (Phi) is 12.5. The highest BCUT2D eigenvalue weighted by Gasteiger charge is 2.57. The Hall–Kier alpha value is -4.65. The van der Waals surface area contributed by atoms with Gasteiger partial charge in [0.15, 0.2) is 0 Å². The predicted molar refractivity (Wildman–Crippen MR) is 202 cm³/mol. The van der Waals surface area contributed by atoms with Crippen molar-refractivity contribution >= 4 is 28.9 Å². The molecule has 3 fully saturated rings. The summed E-state index contributed by atoms with van der Waals surface area (Å²) in [5.74, 6) is -1.19. The minimum atomic E-state index is -4.89. The number of hydrogen-bond donors (Lipinski definition) is 0. The zero-order chi connectivity index (χ0) is 41.9. The molecule has 16 heteroatoms. The van der Waals surface area contributed by atoms with Gasteiger partial charge in [-0.05, 0) is 70.4 Å². The average molecular weight is 833 g/mol. The Morgan fingerprint density at radius 2 is 1.71 bits per heavy atom. The van der Waals surface area contributed by atoms with Crippen LogP contribution < -0.4 is 9.47 Å². The van der Waals surface area contributed by atoms with Gasteiger partial charge in [-0.3, -0.25) is 19.4 Å². The lowest BCUT2D eigenvalue weighted by atomic mass is 9.64. The summed E-state index contributed by atoms with van der Waals surface area (Å²) in [4.78, 5) is 46.9. The van der Waals surface area contributed by atoms with E-state index < -0.39 is 57.2 Å². The maximum atomic E-state index is 15.1. The van der Waals surface area contributed by atoms with Crippen molar-refractivity contribution in [1.82, 2.24) is 14.8 Å². The molecule has 312 valence electrons. The summed E-state index contributed by atoms with van der Waals surface area (Å²) in [5.41, 5.74) is -4.60. The number of likely N-dealkylation sites (tertiary alicyclic amines) is 2. The molecule has 2 atom stereocenters. The highest BCUT2D eigenvalue weighted by molar-refractivity contribution is 7.10. The molecule has 1 aliphatic carbocycles. The average Bonchev–Trinajstić information content (AvgIpc) is 3.66. The fourth-order valence-corrected chi connectivity index (χ4v) is 9.54. The molecule has 2 aliphatic heterocycles. The second-order valence-corrected chi connectivity index (χ2v) is 16.5. The number of halogens is 6. The minimum Gasteiger partial charge on any atom is -0.493 e. The third-order valence-corrected chi connectivity index (χ3v) is 13.1. The lowest BCUT2D eigenvalue weighted by Crippen LogP contribution is -2.68. The van der Waals surface area contributed by atoms with E-state index in [2.05, 4.69) is 11.1 Å². The van der Waals surface area contributed by atoms with E-state index in [0.717, 1.165) is 43.1 Å². The molecule has 3 aliphatic rings. The summed E-state index contributed by atoms with van der Waals surface area (Å²) in [7, 11) is 0. The number of ether oxygens (including phenoxy) is 2. The number of carbonyl (C=O) groups excluding carboxylic acids is 3. The standard InChI is InChI=1S/C42H46F6N4O5S/c1-3-9-34-40(57-29-24-35(58-26-29)42(46,47)48,16-7-20-52(34)36(54)30-25-50-19-12-31(30)41(43,44)45)37(55)51-21-17-39(27-49,18-22-51)32-10-4-5-11-33(32)56-23-8-15-38(28(2)53)13-6-14-38/h4-5,10-12,19,24-26,34H,3,6-9,13-18,20-23H2,1-2H3/t34-,40+/m1/s1. The molecule has 0 bridgehead atoms. The molecule has 9 nitrogen and oxygen atoms in total. The third kappa shape index (κ3) is 8.42. The molecule has 0 radical (unpaired) electrons. The summed E-state index contributed by atoms with van der Waals surface area (Å²) in [6.07, 6.45) is -2.85. The smallest absolute Gasteiger partial charge is 0.425 e. The van der Waals surface area contributed by atoms with Gasteiger partial charge in [-0.2, -0.15) is 31.6 Å². The number of piperidine rings is 2. The lowest BCUT2D eigenvalue weighted by Gasteiger charge is -2.51. The van der Waals surface area contributed by atoms with Gasteiger partial charge < -0.3 is 19.3 Å². The Labute approximate surface area is 337 Å². The van der Waals surface area contributed by atoms with Crippen molar-refractivity contribution in [2.24, 2.45) is 5.41 Å². The SMILES string of the molecule is CCC[C@H]1N(C(=O)c2cnccc2C(F)(F)F)CCC[C@@]1(Oc1csc(C(F)(F)F)c1)C(=O)N1CCC(C#N)(c2ccccc2OCCCC2(C(C)=O)CCC2)CC1. The van der Waals surface area contributed by atoms with Crippen LogP contribution in [0.2, 0.25) is 0 Å². The number of amides is 2. The van der Waals surface area contributed by atoms with Gasteiger partial charge in [-0.1, -0.05) is 38.0 Å². The highest BCUT2D eigenvalue weighted by atomic mass is 32.1. The van der Waals surface area contributed by atoms with E-state index in [1.807, 2.05) is 6.07 Å². The van der Waals surface area contributed by atoms with Crippen LogP contribution in [-0.2, 0) is 27.4 Å². The highest BCUT2D eigenvalue weighted by Crippen LogP contribution is 2.47. The Morgan fingerprint density at radius 1 is 0.983 bits per heavy atom. The van der Waals surface area contributed by atoms with Gasteiger partial charge in [-0.25, -0.2) is 0 Å². The lowest BCUT2D eigenvalue weighted by molar-refractivity contribution is -0.160. The van der Waals surface area contributed by atoms with E-state index in [4.69, 9.17) is 9.47 Å². The second-order valence-electron chi connectivity index (χ2n) is 15.6. The number of ketones is 1. The van der Waals surface area contributed by atoms with E-state index in [1.54, 1.807) is 32.0 Å². The molecule has 1 aromatic carbocycles. The number of rotatable bonds is 13. The molecule has 58 heavy (non-hydrogen) atoms. The van der Waals surface area contributed by atoms with Crippen LogP contribution in [0, 0.1) is 16.7 Å². The normalized spacial score (nSPS) is 21.7. The molecule has 3 aromatic rings. The third-order valence-electron chi connectivity index (χ3n) is 12.2. The predicted octanol–water partition coefficient (Wildman–Crippen LogP) is 9.41. The van der Waals surface area contributed by atoms with E-state index in [1.165, 1.54) is 9.80 Å². The number of para-hydroxylation sites is 1. The van der Waals surface area contributed by atoms with Crippen LogP contribution in [0.3, 0.4) is 0 Å². The Bertz CT molecular complexity index is 2020. The molecule has 2 aromatic heterocycles. The van der Waals surface area contributed by atoms with Gasteiger partial charge in [0, 0.05) is 60.9 Å². The van der Waals surface area contributed by atoms with E-state index in [0.29, 0.717) is 54.6 Å². The molecule has 6 rings (SSSR count). The van der Waals surface area contributed by atoms with Gasteiger partial charge in [-0.15, -0.1) is 11.3 Å². The maximum Gasteiger partial charge on any atom is 0.425 e. The van der Waals surface area contributed by atoms with Crippen molar-refractivity contribution in [3.8, 4) is 17.6 Å². The minimum absolute atomic E-state index is 0.0296. The number of nitriles is 1. The van der Waals surface area contributed by atoms with Crippen molar-refractivity contribution < 1.29 is 50.2 Å². The van der Waals surface area contributed by atoms with Crippen molar-refractivity contribution in [1.29, 1.82) is 5.26 Å². The molecule has 4 heterocycles. The molecule has 0 N–H and O–H groups in total. The number of Topliss-reactive ketones (excluding diaryl/α,β-unsaturated/α-hetero) is 1. The summed E-state index contributed by atoms with van der Waals surface area (Å²) < 4.78 is 96.2. The maximum absolute atomic E-state index is 15.1. The van der Waals surface area contributed by atoms with Crippen molar-refractivity contribution in [3.63, 3.8) is 0 Å². The van der Waals surface area contributed by atoms with E-state index >= 15 is 4.79 Å². The number of aromatic nitrogens is 1. The largest absolute Gasteiger partial charge is 0.493 e. The van der Waals surface area contributed by atoms with Crippen LogP contribution in [0.5, 0.6) is 11.5 Å². The van der Waals surface area contributed by atoms with Crippen molar-refractivity contribution in [3.05, 3.63) is 75.7 Å². The van der Waals surface area contributed by atoms with Gasteiger partial charge >= 0.3 is 12.4 Å². The van der Waals surface area contributed by atoms with E-state index in [9.17, 15) is 41.2 Å². The van der Waals surface area contributed by atoms with Gasteiger partial charge in [0.2, 0.25) is 5.60 Å². The first-order chi connectivity index (χ1) is 27.5.